The topological polar surface area (TPSA) is 59.7 Å². The first-order valence-corrected chi connectivity index (χ1v) is 7.49. The van der Waals surface area contributed by atoms with Gasteiger partial charge in [-0.1, -0.05) is 36.4 Å². The first-order valence-electron chi connectivity index (χ1n) is 7.49. The van der Waals surface area contributed by atoms with Gasteiger partial charge in [0.1, 0.15) is 11.8 Å². The van der Waals surface area contributed by atoms with Gasteiger partial charge in [0.15, 0.2) is 11.5 Å². The molecule has 0 radical (unpaired) electrons. The average Bonchev–Trinajstić information content (AvgIpc) is 2.61. The third-order valence-corrected chi connectivity index (χ3v) is 4.16. The van der Waals surface area contributed by atoms with Crippen LogP contribution in [0.25, 0.3) is 32.9 Å². The second-order valence-corrected chi connectivity index (χ2v) is 5.52. The summed E-state index contributed by atoms with van der Waals surface area (Å²) < 4.78 is 10.7. The Balaban J connectivity index is 2.04. The summed E-state index contributed by atoms with van der Waals surface area (Å²) in [7, 11) is 1.48. The van der Waals surface area contributed by atoms with Crippen LogP contribution < -0.4 is 10.2 Å². The molecule has 0 aliphatic rings. The molecule has 0 unspecified atom stereocenters. The minimum Gasteiger partial charge on any atom is -0.504 e. The highest BCUT2D eigenvalue weighted by molar-refractivity contribution is 6.06. The van der Waals surface area contributed by atoms with Gasteiger partial charge in [0.2, 0.25) is 5.43 Å². The number of hydrogen-bond acceptors (Lipinski definition) is 4. The van der Waals surface area contributed by atoms with Crippen molar-refractivity contribution in [2.45, 2.75) is 0 Å². The van der Waals surface area contributed by atoms with Crippen LogP contribution in [0.2, 0.25) is 0 Å². The molecule has 0 saturated heterocycles. The average molecular weight is 318 g/mol. The molecule has 3 aromatic carbocycles. The predicted molar refractivity (Wildman–Crippen MR) is 93.6 cm³/mol. The smallest absolute Gasteiger partial charge is 0.201 e. The Morgan fingerprint density at radius 3 is 2.67 bits per heavy atom. The van der Waals surface area contributed by atoms with E-state index in [0.717, 1.165) is 10.8 Å². The quantitative estimate of drug-likeness (QED) is 0.559. The summed E-state index contributed by atoms with van der Waals surface area (Å²) in [4.78, 5) is 13.0. The molecule has 24 heavy (non-hydrogen) atoms. The molecule has 0 spiro atoms. The van der Waals surface area contributed by atoms with Crippen LogP contribution in [0.1, 0.15) is 0 Å². The molecule has 0 aliphatic carbocycles. The lowest BCUT2D eigenvalue weighted by Gasteiger charge is -2.08. The highest BCUT2D eigenvalue weighted by Gasteiger charge is 2.13. The fourth-order valence-electron chi connectivity index (χ4n) is 2.95. The molecule has 1 heterocycles. The fourth-order valence-corrected chi connectivity index (χ4v) is 2.95. The maximum absolute atomic E-state index is 13.0. The van der Waals surface area contributed by atoms with E-state index < -0.39 is 0 Å². The zero-order valence-corrected chi connectivity index (χ0v) is 12.9. The Hall–Kier alpha value is -3.27. The number of hydrogen-bond donors (Lipinski definition) is 1. The minimum absolute atomic E-state index is 0.0209. The summed E-state index contributed by atoms with van der Waals surface area (Å²) in [6.07, 6.45) is 1.43. The monoisotopic (exact) mass is 318 g/mol. The predicted octanol–water partition coefficient (Wildman–Crippen LogP) is 4.33. The van der Waals surface area contributed by atoms with E-state index in [2.05, 4.69) is 0 Å². The van der Waals surface area contributed by atoms with Crippen LogP contribution in [0.4, 0.5) is 0 Å². The Kier molecular flexibility index (Phi) is 3.24. The van der Waals surface area contributed by atoms with E-state index in [1.807, 2.05) is 30.3 Å². The molecule has 1 N–H and O–H groups in total. The Bertz CT molecular complexity index is 1130. The van der Waals surface area contributed by atoms with Crippen LogP contribution in [0, 0.1) is 0 Å². The van der Waals surface area contributed by atoms with Crippen LogP contribution >= 0.6 is 0 Å². The van der Waals surface area contributed by atoms with Gasteiger partial charge in [-0.15, -0.1) is 0 Å². The minimum atomic E-state index is -0.127. The largest absolute Gasteiger partial charge is 0.504 e. The highest BCUT2D eigenvalue weighted by Crippen LogP contribution is 2.31. The Labute approximate surface area is 137 Å². The molecular weight excluding hydrogens is 304 g/mol. The number of fused-ring (bicyclic) bond motifs is 3. The number of aromatic hydroxyl groups is 1. The van der Waals surface area contributed by atoms with Crippen molar-refractivity contribution in [3.05, 3.63) is 71.1 Å². The lowest BCUT2D eigenvalue weighted by Crippen LogP contribution is -2.05. The molecule has 1 aromatic heterocycles. The van der Waals surface area contributed by atoms with E-state index in [0.29, 0.717) is 27.8 Å². The van der Waals surface area contributed by atoms with Gasteiger partial charge >= 0.3 is 0 Å². The van der Waals surface area contributed by atoms with E-state index >= 15 is 0 Å². The summed E-state index contributed by atoms with van der Waals surface area (Å²) in [6, 6.07) is 16.3. The summed E-state index contributed by atoms with van der Waals surface area (Å²) in [5, 5.41) is 12.3. The van der Waals surface area contributed by atoms with Gasteiger partial charge in [0.25, 0.3) is 0 Å². The lowest BCUT2D eigenvalue weighted by molar-refractivity contribution is 0.373. The van der Waals surface area contributed by atoms with E-state index in [4.69, 9.17) is 9.15 Å². The first kappa shape index (κ1) is 14.3. The molecule has 0 aliphatic heterocycles. The molecule has 4 aromatic rings. The molecule has 0 fully saturated rings. The van der Waals surface area contributed by atoms with Crippen molar-refractivity contribution in [3.63, 3.8) is 0 Å². The normalized spacial score (nSPS) is 11.0. The number of ether oxygens (including phenoxy) is 1. The second kappa shape index (κ2) is 5.42. The van der Waals surface area contributed by atoms with Gasteiger partial charge in [-0.05, 0) is 34.5 Å². The molecule has 0 bridgehead atoms. The van der Waals surface area contributed by atoms with E-state index in [-0.39, 0.29) is 11.2 Å². The number of benzene rings is 3. The van der Waals surface area contributed by atoms with Gasteiger partial charge in [-0.2, -0.15) is 0 Å². The fraction of sp³-hybridized carbons (Fsp3) is 0.0500. The van der Waals surface area contributed by atoms with Crippen molar-refractivity contribution >= 4 is 21.7 Å². The molecule has 0 atom stereocenters. The zero-order chi connectivity index (χ0) is 16.7. The molecular formula is C20H14O4. The van der Waals surface area contributed by atoms with E-state index in [1.54, 1.807) is 18.2 Å². The number of phenols is 1. The maximum atomic E-state index is 13.0. The van der Waals surface area contributed by atoms with Gasteiger partial charge in [-0.25, -0.2) is 0 Å². The molecule has 0 amide bonds. The standard InChI is InChI=1S/C20H14O4/c1-23-17-8-7-13(10-16(17)21)15-11-24-18-9-6-12-4-2-3-5-14(12)19(18)20(15)22/h2-11,21H,1H3. The third kappa shape index (κ3) is 2.12. The van der Waals surface area contributed by atoms with Crippen LogP contribution in [-0.4, -0.2) is 12.2 Å². The Morgan fingerprint density at radius 1 is 1.04 bits per heavy atom. The van der Waals surface area contributed by atoms with Crippen molar-refractivity contribution < 1.29 is 14.3 Å². The Morgan fingerprint density at radius 2 is 1.88 bits per heavy atom. The number of methoxy groups -OCH3 is 1. The highest BCUT2D eigenvalue weighted by atomic mass is 16.5. The third-order valence-electron chi connectivity index (χ3n) is 4.16. The van der Waals surface area contributed by atoms with E-state index in [9.17, 15) is 9.90 Å². The van der Waals surface area contributed by atoms with Crippen LogP contribution in [0.3, 0.4) is 0 Å². The van der Waals surface area contributed by atoms with E-state index in [1.165, 1.54) is 19.4 Å². The van der Waals surface area contributed by atoms with Crippen LogP contribution in [0.15, 0.2) is 70.1 Å². The van der Waals surface area contributed by atoms with Gasteiger partial charge in [0, 0.05) is 0 Å². The molecule has 4 rings (SSSR count). The van der Waals surface area contributed by atoms with Crippen molar-refractivity contribution in [3.8, 4) is 22.6 Å². The molecule has 4 nitrogen and oxygen atoms in total. The lowest BCUT2D eigenvalue weighted by atomic mass is 10.0. The van der Waals surface area contributed by atoms with Crippen molar-refractivity contribution in [1.29, 1.82) is 0 Å². The van der Waals surface area contributed by atoms with Crippen LogP contribution in [0.5, 0.6) is 11.5 Å². The second-order valence-electron chi connectivity index (χ2n) is 5.52. The maximum Gasteiger partial charge on any atom is 0.201 e. The SMILES string of the molecule is COc1ccc(-c2coc3ccc4ccccc4c3c2=O)cc1O. The van der Waals surface area contributed by atoms with Crippen molar-refractivity contribution in [2.24, 2.45) is 0 Å². The molecule has 0 saturated carbocycles. The first-order chi connectivity index (χ1) is 11.7. The van der Waals surface area contributed by atoms with Gasteiger partial charge in [0.05, 0.1) is 18.1 Å². The summed E-state index contributed by atoms with van der Waals surface area (Å²) in [6.45, 7) is 0. The van der Waals surface area contributed by atoms with Crippen molar-refractivity contribution in [2.75, 3.05) is 7.11 Å². The van der Waals surface area contributed by atoms with Gasteiger partial charge < -0.3 is 14.3 Å². The number of rotatable bonds is 2. The zero-order valence-electron chi connectivity index (χ0n) is 12.9. The number of phenolic OH excluding ortho intramolecular Hbond substituents is 1. The molecule has 4 heteroatoms. The summed E-state index contributed by atoms with van der Waals surface area (Å²) >= 11 is 0. The molecule has 118 valence electrons. The summed E-state index contributed by atoms with van der Waals surface area (Å²) in [5.74, 6) is 0.335. The van der Waals surface area contributed by atoms with Gasteiger partial charge in [-0.3, -0.25) is 4.79 Å². The van der Waals surface area contributed by atoms with Crippen molar-refractivity contribution in [1.82, 2.24) is 0 Å². The summed E-state index contributed by atoms with van der Waals surface area (Å²) in [5.41, 5.74) is 1.39. The van der Waals surface area contributed by atoms with Crippen LogP contribution in [-0.2, 0) is 0 Å².